The normalized spacial score (nSPS) is 17.7. The highest BCUT2D eigenvalue weighted by Crippen LogP contribution is 2.20. The highest BCUT2D eigenvalue weighted by molar-refractivity contribution is 6.05. The van der Waals surface area contributed by atoms with Crippen LogP contribution >= 0.6 is 12.4 Å². The number of halogens is 1. The van der Waals surface area contributed by atoms with Gasteiger partial charge in [0, 0.05) is 24.5 Å². The Morgan fingerprint density at radius 2 is 2.33 bits per heavy atom. The van der Waals surface area contributed by atoms with Crippen LogP contribution in [0.5, 0.6) is 0 Å². The molecule has 1 aromatic heterocycles. The fraction of sp³-hybridized carbons (Fsp3) is 0.467. The van der Waals surface area contributed by atoms with Gasteiger partial charge in [-0.1, -0.05) is 19.1 Å². The number of H-pyrrole nitrogens is 1. The second-order valence-corrected chi connectivity index (χ2v) is 5.28. The summed E-state index contributed by atoms with van der Waals surface area (Å²) < 4.78 is 0. The maximum absolute atomic E-state index is 12.9. The van der Waals surface area contributed by atoms with Gasteiger partial charge >= 0.3 is 0 Å². The predicted molar refractivity (Wildman–Crippen MR) is 85.9 cm³/mol. The van der Waals surface area contributed by atoms with E-state index in [0.717, 1.165) is 48.9 Å². The molecule has 1 fully saturated rings. The Labute approximate surface area is 130 Å². The lowest BCUT2D eigenvalue weighted by atomic mass is 10.1. The minimum Gasteiger partial charge on any atom is -0.334 e. The molecule has 0 bridgehead atoms. The van der Waals surface area contributed by atoms with Gasteiger partial charge in [-0.3, -0.25) is 9.89 Å². The number of carbonyl (C=O) groups excluding carboxylic acids is 1. The number of nitrogens with one attached hydrogen (secondary N) is 2. The van der Waals surface area contributed by atoms with Crippen molar-refractivity contribution in [2.45, 2.75) is 25.8 Å². The molecule has 1 aliphatic rings. The molecule has 1 atom stereocenters. The second-order valence-electron chi connectivity index (χ2n) is 5.28. The fourth-order valence-corrected chi connectivity index (χ4v) is 2.90. The summed E-state index contributed by atoms with van der Waals surface area (Å²) in [6.07, 6.45) is 3.76. The van der Waals surface area contributed by atoms with Gasteiger partial charge in [-0.15, -0.1) is 12.4 Å². The molecule has 1 unspecified atom stereocenters. The van der Waals surface area contributed by atoms with E-state index in [4.69, 9.17) is 0 Å². The largest absolute Gasteiger partial charge is 0.334 e. The summed E-state index contributed by atoms with van der Waals surface area (Å²) in [7, 11) is 0. The van der Waals surface area contributed by atoms with E-state index in [0.29, 0.717) is 6.04 Å². The molecule has 2 heterocycles. The molecule has 2 aromatic rings. The summed E-state index contributed by atoms with van der Waals surface area (Å²) in [5.74, 6) is 0.107. The summed E-state index contributed by atoms with van der Waals surface area (Å²) in [5.41, 5.74) is 1.56. The van der Waals surface area contributed by atoms with Gasteiger partial charge in [0.05, 0.1) is 17.3 Å². The average molecular weight is 309 g/mol. The molecule has 0 radical (unpaired) electrons. The Morgan fingerprint density at radius 1 is 1.48 bits per heavy atom. The molecule has 1 aliphatic heterocycles. The first kappa shape index (κ1) is 15.8. The number of hydrogen-bond acceptors (Lipinski definition) is 3. The number of nitrogens with zero attached hydrogens (tertiary/aromatic N) is 2. The standard InChI is InChI=1S/C15H20N4O.ClH/c1-2-8-19(12-6-7-16-10-12)15(20)13-5-3-4-11-9-17-18-14(11)13;/h3-5,9,12,16H,2,6-8,10H2,1H3,(H,17,18);1H. The van der Waals surface area contributed by atoms with Crippen LogP contribution in [0.2, 0.25) is 0 Å². The van der Waals surface area contributed by atoms with Crippen molar-refractivity contribution in [3.05, 3.63) is 30.0 Å². The van der Waals surface area contributed by atoms with E-state index in [-0.39, 0.29) is 18.3 Å². The van der Waals surface area contributed by atoms with Crippen LogP contribution in [0.1, 0.15) is 30.1 Å². The van der Waals surface area contributed by atoms with Gasteiger partial charge in [-0.05, 0) is 25.5 Å². The van der Waals surface area contributed by atoms with Crippen LogP contribution in [-0.4, -0.2) is 46.7 Å². The maximum atomic E-state index is 12.9. The molecule has 1 amide bonds. The van der Waals surface area contributed by atoms with Gasteiger partial charge in [-0.2, -0.15) is 5.10 Å². The zero-order chi connectivity index (χ0) is 13.9. The SMILES string of the molecule is CCCN(C(=O)c1cccc2cn[nH]c12)C1CCNC1.Cl. The first-order valence-corrected chi connectivity index (χ1v) is 7.25. The third kappa shape index (κ3) is 3.04. The molecule has 1 aromatic carbocycles. The summed E-state index contributed by atoms with van der Waals surface area (Å²) in [4.78, 5) is 14.9. The van der Waals surface area contributed by atoms with E-state index < -0.39 is 0 Å². The van der Waals surface area contributed by atoms with Crippen LogP contribution in [0.4, 0.5) is 0 Å². The van der Waals surface area contributed by atoms with Crippen molar-refractivity contribution in [1.29, 1.82) is 0 Å². The van der Waals surface area contributed by atoms with E-state index in [2.05, 4.69) is 22.4 Å². The monoisotopic (exact) mass is 308 g/mol. The topological polar surface area (TPSA) is 61.0 Å². The van der Waals surface area contributed by atoms with Crippen molar-refractivity contribution in [3.63, 3.8) is 0 Å². The van der Waals surface area contributed by atoms with Crippen LogP contribution < -0.4 is 5.32 Å². The fourth-order valence-electron chi connectivity index (χ4n) is 2.90. The summed E-state index contributed by atoms with van der Waals surface area (Å²) >= 11 is 0. The van der Waals surface area contributed by atoms with Crippen LogP contribution in [0.15, 0.2) is 24.4 Å². The molecule has 0 saturated carbocycles. The lowest BCUT2D eigenvalue weighted by molar-refractivity contribution is 0.0694. The molecule has 0 spiro atoms. The summed E-state index contributed by atoms with van der Waals surface area (Å²) in [6.45, 7) is 4.80. The molecule has 21 heavy (non-hydrogen) atoms. The smallest absolute Gasteiger partial charge is 0.256 e. The van der Waals surface area contributed by atoms with Crippen molar-refractivity contribution in [3.8, 4) is 0 Å². The van der Waals surface area contributed by atoms with Gasteiger partial charge in [0.1, 0.15) is 0 Å². The molecule has 1 saturated heterocycles. The Kier molecular flexibility index (Phi) is 5.20. The maximum Gasteiger partial charge on any atom is 0.256 e. The van der Waals surface area contributed by atoms with E-state index in [1.54, 1.807) is 6.20 Å². The van der Waals surface area contributed by atoms with Crippen LogP contribution in [0.25, 0.3) is 10.9 Å². The molecule has 2 N–H and O–H groups in total. The van der Waals surface area contributed by atoms with Crippen molar-refractivity contribution in [1.82, 2.24) is 20.4 Å². The van der Waals surface area contributed by atoms with E-state index in [1.807, 2.05) is 23.1 Å². The highest BCUT2D eigenvalue weighted by atomic mass is 35.5. The molecule has 5 nitrogen and oxygen atoms in total. The van der Waals surface area contributed by atoms with Gasteiger partial charge in [0.25, 0.3) is 5.91 Å². The quantitative estimate of drug-likeness (QED) is 0.910. The third-order valence-corrected chi connectivity index (χ3v) is 3.91. The average Bonchev–Trinajstić information content (AvgIpc) is 3.14. The molecular weight excluding hydrogens is 288 g/mol. The number of aromatic nitrogens is 2. The zero-order valence-electron chi connectivity index (χ0n) is 12.1. The van der Waals surface area contributed by atoms with Gasteiger partial charge in [0.2, 0.25) is 0 Å². The van der Waals surface area contributed by atoms with Gasteiger partial charge < -0.3 is 10.2 Å². The third-order valence-electron chi connectivity index (χ3n) is 3.91. The Morgan fingerprint density at radius 3 is 3.05 bits per heavy atom. The predicted octanol–water partition coefficient (Wildman–Crippen LogP) is 2.20. The number of hydrogen-bond donors (Lipinski definition) is 2. The zero-order valence-corrected chi connectivity index (χ0v) is 12.9. The van der Waals surface area contributed by atoms with Crippen molar-refractivity contribution in [2.75, 3.05) is 19.6 Å². The molecule has 6 heteroatoms. The van der Waals surface area contributed by atoms with E-state index >= 15 is 0 Å². The molecule has 114 valence electrons. The van der Waals surface area contributed by atoms with Crippen molar-refractivity contribution < 1.29 is 4.79 Å². The number of fused-ring (bicyclic) bond motifs is 1. The molecular formula is C15H21ClN4O. The van der Waals surface area contributed by atoms with Gasteiger partial charge in [-0.25, -0.2) is 0 Å². The van der Waals surface area contributed by atoms with Crippen molar-refractivity contribution >= 4 is 29.2 Å². The summed E-state index contributed by atoms with van der Waals surface area (Å²) in [5, 5.41) is 11.3. The number of aromatic amines is 1. The highest BCUT2D eigenvalue weighted by Gasteiger charge is 2.27. The number of carbonyl (C=O) groups is 1. The molecule has 3 rings (SSSR count). The first-order chi connectivity index (χ1) is 9.81. The lowest BCUT2D eigenvalue weighted by Gasteiger charge is -2.28. The first-order valence-electron chi connectivity index (χ1n) is 7.25. The van der Waals surface area contributed by atoms with E-state index in [1.165, 1.54) is 0 Å². The van der Waals surface area contributed by atoms with Gasteiger partial charge in [0.15, 0.2) is 0 Å². The van der Waals surface area contributed by atoms with E-state index in [9.17, 15) is 4.79 Å². The minimum absolute atomic E-state index is 0. The second kappa shape index (κ2) is 6.91. The number of para-hydroxylation sites is 1. The van der Waals surface area contributed by atoms with Crippen LogP contribution in [0.3, 0.4) is 0 Å². The Hall–Kier alpha value is -1.59. The van der Waals surface area contributed by atoms with Crippen LogP contribution in [0, 0.1) is 0 Å². The lowest BCUT2D eigenvalue weighted by Crippen LogP contribution is -2.42. The number of amides is 1. The Balaban J connectivity index is 0.00000161. The summed E-state index contributed by atoms with van der Waals surface area (Å²) in [6, 6.07) is 6.08. The number of benzene rings is 1. The minimum atomic E-state index is 0. The van der Waals surface area contributed by atoms with Crippen LogP contribution in [-0.2, 0) is 0 Å². The molecule has 0 aliphatic carbocycles. The number of rotatable bonds is 4. The Bertz CT molecular complexity index is 606. The van der Waals surface area contributed by atoms with Crippen molar-refractivity contribution in [2.24, 2.45) is 0 Å².